The standard InChI is InChI=1S/C16H11NO3/c1-10-5-4-8-17(9-10)13-14(18)11-6-2-3-7-12(11)15(19)16(13)20/h2-9H,1H3. The van der Waals surface area contributed by atoms with E-state index in [1.165, 1.54) is 10.6 Å². The number of carbonyl (C=O) groups excluding carboxylic acids is 2. The number of nitrogens with zero attached hydrogens (tertiary/aromatic N) is 1. The summed E-state index contributed by atoms with van der Waals surface area (Å²) >= 11 is 0. The lowest BCUT2D eigenvalue weighted by Crippen LogP contribution is -2.43. The third kappa shape index (κ3) is 1.73. The summed E-state index contributed by atoms with van der Waals surface area (Å²) in [4.78, 5) is 24.3. The van der Waals surface area contributed by atoms with Gasteiger partial charge in [0.2, 0.25) is 5.78 Å². The molecule has 4 nitrogen and oxygen atoms in total. The highest BCUT2D eigenvalue weighted by Gasteiger charge is 2.35. The van der Waals surface area contributed by atoms with Gasteiger partial charge < -0.3 is 5.11 Å². The number of ketones is 2. The Hall–Kier alpha value is -2.75. The first-order chi connectivity index (χ1) is 9.59. The fourth-order valence-corrected chi connectivity index (χ4v) is 2.31. The topological polar surface area (TPSA) is 61.1 Å². The molecule has 0 aliphatic heterocycles. The van der Waals surface area contributed by atoms with E-state index in [0.29, 0.717) is 0 Å². The van der Waals surface area contributed by atoms with E-state index in [-0.39, 0.29) is 16.8 Å². The van der Waals surface area contributed by atoms with Crippen LogP contribution < -0.4 is 9.67 Å². The van der Waals surface area contributed by atoms with Gasteiger partial charge in [0.15, 0.2) is 12.4 Å². The van der Waals surface area contributed by atoms with E-state index in [4.69, 9.17) is 0 Å². The van der Waals surface area contributed by atoms with Gasteiger partial charge in [-0.1, -0.05) is 24.3 Å². The molecule has 0 radical (unpaired) electrons. The van der Waals surface area contributed by atoms with Gasteiger partial charge in [0.25, 0.3) is 11.5 Å². The number of aromatic nitrogens is 1. The second-order valence-corrected chi connectivity index (χ2v) is 4.67. The van der Waals surface area contributed by atoms with Crippen molar-refractivity contribution in [3.8, 4) is 0 Å². The smallest absolute Gasteiger partial charge is 0.296 e. The molecule has 2 aromatic rings. The normalized spacial score (nSPS) is 14.4. The molecule has 1 aliphatic rings. The molecule has 0 N–H and O–H groups in total. The minimum atomic E-state index is -0.760. The van der Waals surface area contributed by atoms with Crippen LogP contribution in [0.2, 0.25) is 0 Å². The van der Waals surface area contributed by atoms with Crippen LogP contribution in [0.4, 0.5) is 0 Å². The van der Waals surface area contributed by atoms with Crippen molar-refractivity contribution in [2.24, 2.45) is 0 Å². The van der Waals surface area contributed by atoms with E-state index in [1.807, 2.05) is 13.0 Å². The summed E-state index contributed by atoms with van der Waals surface area (Å²) in [5.74, 6) is -1.81. The number of benzene rings is 1. The summed E-state index contributed by atoms with van der Waals surface area (Å²) in [6, 6.07) is 9.97. The Morgan fingerprint density at radius 1 is 0.950 bits per heavy atom. The molecular formula is C16H11NO3. The first-order valence-corrected chi connectivity index (χ1v) is 6.17. The zero-order valence-corrected chi connectivity index (χ0v) is 10.8. The molecule has 1 aromatic carbocycles. The molecule has 4 heteroatoms. The van der Waals surface area contributed by atoms with Crippen molar-refractivity contribution < 1.29 is 19.3 Å². The number of hydrogen-bond donors (Lipinski definition) is 0. The lowest BCUT2D eigenvalue weighted by atomic mass is 9.91. The van der Waals surface area contributed by atoms with Crippen LogP contribution in [0.15, 0.2) is 48.8 Å². The molecule has 20 heavy (non-hydrogen) atoms. The van der Waals surface area contributed by atoms with Crippen molar-refractivity contribution in [3.05, 3.63) is 65.5 Å². The van der Waals surface area contributed by atoms with Crippen LogP contribution in [0.25, 0.3) is 11.5 Å². The number of allylic oxidation sites excluding steroid dienone is 1. The first-order valence-electron chi connectivity index (χ1n) is 6.17. The predicted octanol–water partition coefficient (Wildman–Crippen LogP) is 0.734. The Balaban J connectivity index is 2.30. The fraction of sp³-hybridized carbons (Fsp3) is 0.0625. The van der Waals surface area contributed by atoms with E-state index in [2.05, 4.69) is 0 Å². The van der Waals surface area contributed by atoms with E-state index in [0.717, 1.165) is 5.56 Å². The maximum absolute atomic E-state index is 12.5. The fourth-order valence-electron chi connectivity index (χ4n) is 2.31. The van der Waals surface area contributed by atoms with Crippen molar-refractivity contribution in [2.75, 3.05) is 0 Å². The Kier molecular flexibility index (Phi) is 2.71. The molecule has 0 atom stereocenters. The van der Waals surface area contributed by atoms with Gasteiger partial charge in [-0.3, -0.25) is 9.59 Å². The highest BCUT2D eigenvalue weighted by molar-refractivity contribution is 6.58. The molecule has 0 amide bonds. The molecule has 98 valence electrons. The van der Waals surface area contributed by atoms with Crippen molar-refractivity contribution in [3.63, 3.8) is 0 Å². The van der Waals surface area contributed by atoms with Gasteiger partial charge in [0, 0.05) is 17.2 Å². The van der Waals surface area contributed by atoms with E-state index in [1.54, 1.807) is 36.7 Å². The summed E-state index contributed by atoms with van der Waals surface area (Å²) in [5, 5.41) is 12.5. The third-order valence-corrected chi connectivity index (χ3v) is 3.26. The Bertz CT molecular complexity index is 775. The molecule has 1 aromatic heterocycles. The summed E-state index contributed by atoms with van der Waals surface area (Å²) in [6.45, 7) is 1.85. The average molecular weight is 265 g/mol. The molecule has 0 spiro atoms. The molecule has 3 rings (SSSR count). The number of carbonyl (C=O) groups is 2. The first kappa shape index (κ1) is 12.3. The van der Waals surface area contributed by atoms with Gasteiger partial charge in [-0.25, -0.2) is 0 Å². The molecule has 0 bridgehead atoms. The quantitative estimate of drug-likeness (QED) is 0.564. The maximum Gasteiger partial charge on any atom is 0.296 e. The number of fused-ring (bicyclic) bond motifs is 1. The zero-order valence-electron chi connectivity index (χ0n) is 10.8. The molecule has 0 saturated heterocycles. The van der Waals surface area contributed by atoms with E-state index < -0.39 is 17.3 Å². The zero-order chi connectivity index (χ0) is 14.3. The number of Topliss-reactive ketones (excluding diaryl/α,β-unsaturated/α-hetero) is 2. The van der Waals surface area contributed by atoms with Gasteiger partial charge in [0.05, 0.1) is 0 Å². The Morgan fingerprint density at radius 3 is 2.35 bits per heavy atom. The second-order valence-electron chi connectivity index (χ2n) is 4.67. The monoisotopic (exact) mass is 265 g/mol. The van der Waals surface area contributed by atoms with Crippen molar-refractivity contribution in [1.29, 1.82) is 0 Å². The Morgan fingerprint density at radius 2 is 1.65 bits per heavy atom. The van der Waals surface area contributed by atoms with Crippen LogP contribution in [0.3, 0.4) is 0 Å². The third-order valence-electron chi connectivity index (χ3n) is 3.26. The molecule has 1 heterocycles. The SMILES string of the molecule is Cc1ccc[n+](C2=C([O-])c3ccccc3C(=O)C2=O)c1. The van der Waals surface area contributed by atoms with E-state index >= 15 is 0 Å². The summed E-state index contributed by atoms with van der Waals surface area (Å²) in [6.07, 6.45) is 3.26. The number of aryl methyl sites for hydroxylation is 1. The van der Waals surface area contributed by atoms with Gasteiger partial charge in [0.1, 0.15) is 0 Å². The molecule has 0 saturated carbocycles. The summed E-state index contributed by atoms with van der Waals surface area (Å²) in [5.41, 5.74) is 1.24. The molecular weight excluding hydrogens is 254 g/mol. The Labute approximate surface area is 115 Å². The van der Waals surface area contributed by atoms with Crippen LogP contribution in [-0.2, 0) is 4.79 Å². The van der Waals surface area contributed by atoms with Crippen molar-refractivity contribution in [2.45, 2.75) is 6.92 Å². The lowest BCUT2D eigenvalue weighted by Gasteiger charge is -2.21. The maximum atomic E-state index is 12.5. The molecule has 1 aliphatic carbocycles. The minimum Gasteiger partial charge on any atom is -0.867 e. The van der Waals surface area contributed by atoms with Crippen LogP contribution in [0, 0.1) is 6.92 Å². The molecule has 0 fully saturated rings. The summed E-state index contributed by atoms with van der Waals surface area (Å²) < 4.78 is 1.42. The lowest BCUT2D eigenvalue weighted by molar-refractivity contribution is -0.579. The summed E-state index contributed by atoms with van der Waals surface area (Å²) in [7, 11) is 0. The highest BCUT2D eigenvalue weighted by Crippen LogP contribution is 2.25. The van der Waals surface area contributed by atoms with Gasteiger partial charge in [-0.2, -0.15) is 4.57 Å². The second kappa shape index (κ2) is 4.42. The molecule has 0 unspecified atom stereocenters. The largest absolute Gasteiger partial charge is 0.867 e. The van der Waals surface area contributed by atoms with Gasteiger partial charge in [-0.05, 0) is 24.3 Å². The van der Waals surface area contributed by atoms with Crippen LogP contribution in [-0.4, -0.2) is 11.6 Å². The number of pyridine rings is 1. The van der Waals surface area contributed by atoms with Crippen LogP contribution >= 0.6 is 0 Å². The van der Waals surface area contributed by atoms with Crippen LogP contribution in [0.5, 0.6) is 0 Å². The average Bonchev–Trinajstić information content (AvgIpc) is 2.45. The predicted molar refractivity (Wildman–Crippen MR) is 70.3 cm³/mol. The van der Waals surface area contributed by atoms with Gasteiger partial charge in [-0.15, -0.1) is 0 Å². The highest BCUT2D eigenvalue weighted by atomic mass is 16.3. The van der Waals surface area contributed by atoms with Crippen molar-refractivity contribution in [1.82, 2.24) is 0 Å². The van der Waals surface area contributed by atoms with Crippen molar-refractivity contribution >= 4 is 23.0 Å². The van der Waals surface area contributed by atoms with Gasteiger partial charge >= 0.3 is 0 Å². The minimum absolute atomic E-state index is 0.114. The number of hydrogen-bond acceptors (Lipinski definition) is 3. The van der Waals surface area contributed by atoms with E-state index in [9.17, 15) is 14.7 Å². The number of rotatable bonds is 1. The van der Waals surface area contributed by atoms with Crippen LogP contribution in [0.1, 0.15) is 21.5 Å².